The molecule has 0 radical (unpaired) electrons. The summed E-state index contributed by atoms with van der Waals surface area (Å²) in [7, 11) is 1.58. The first-order valence-corrected chi connectivity index (χ1v) is 10.4. The number of rotatable bonds is 8. The highest BCUT2D eigenvalue weighted by Gasteiger charge is 2.47. The third kappa shape index (κ3) is 4.66. The summed E-state index contributed by atoms with van der Waals surface area (Å²) in [4.78, 5) is 27.2. The molecule has 1 atom stereocenters. The molecule has 1 saturated heterocycles. The lowest BCUT2D eigenvalue weighted by molar-refractivity contribution is -0.140. The van der Waals surface area contributed by atoms with Crippen LogP contribution in [0.4, 0.5) is 0 Å². The molecule has 7 heteroatoms. The van der Waals surface area contributed by atoms with Gasteiger partial charge in [0.05, 0.1) is 11.7 Å². The van der Waals surface area contributed by atoms with E-state index in [-0.39, 0.29) is 17.4 Å². The number of carbonyl (C=O) groups excluding carboxylic acids is 2. The largest absolute Gasteiger partial charge is 0.507 e. The Bertz CT molecular complexity index is 1000. The Hall–Kier alpha value is -3.06. The van der Waals surface area contributed by atoms with Gasteiger partial charge in [-0.15, -0.1) is 0 Å². The zero-order valence-corrected chi connectivity index (χ0v) is 18.6. The Morgan fingerprint density at radius 1 is 1.19 bits per heavy atom. The SMILES string of the molecule is COCCCN1C(=O)C(=O)/C(=C(\O)c2ccc(OC(C)C)c(C)c2)C1c1ccc(C)o1. The Kier molecular flexibility index (Phi) is 6.85. The number of aliphatic hydroxyl groups is 1. The molecule has 3 rings (SSSR count). The van der Waals surface area contributed by atoms with Crippen LogP contribution in [0.25, 0.3) is 5.76 Å². The lowest BCUT2D eigenvalue weighted by Gasteiger charge is -2.23. The van der Waals surface area contributed by atoms with Crippen LogP contribution in [-0.4, -0.2) is 48.1 Å². The molecule has 1 amide bonds. The summed E-state index contributed by atoms with van der Waals surface area (Å²) in [5, 5.41) is 11.1. The molecule has 1 fully saturated rings. The number of ether oxygens (including phenoxy) is 2. The van der Waals surface area contributed by atoms with Gasteiger partial charge in [0.1, 0.15) is 29.1 Å². The lowest BCUT2D eigenvalue weighted by Crippen LogP contribution is -2.31. The number of ketones is 1. The van der Waals surface area contributed by atoms with Crippen LogP contribution in [0.1, 0.15) is 49.0 Å². The highest BCUT2D eigenvalue weighted by molar-refractivity contribution is 6.46. The third-order valence-electron chi connectivity index (χ3n) is 5.13. The number of hydrogen-bond donors (Lipinski definition) is 1. The quantitative estimate of drug-likeness (QED) is 0.295. The summed E-state index contributed by atoms with van der Waals surface area (Å²) in [5.74, 6) is 0.175. The first-order chi connectivity index (χ1) is 14.7. The Morgan fingerprint density at radius 3 is 2.52 bits per heavy atom. The molecule has 0 bridgehead atoms. The van der Waals surface area contributed by atoms with Crippen LogP contribution >= 0.6 is 0 Å². The van der Waals surface area contributed by atoms with Crippen LogP contribution in [0, 0.1) is 13.8 Å². The predicted octanol–water partition coefficient (Wildman–Crippen LogP) is 4.14. The van der Waals surface area contributed by atoms with E-state index >= 15 is 0 Å². The topological polar surface area (TPSA) is 89.2 Å². The molecule has 0 saturated carbocycles. The first-order valence-electron chi connectivity index (χ1n) is 10.4. The monoisotopic (exact) mass is 427 g/mol. The number of furan rings is 1. The molecule has 1 aliphatic rings. The third-order valence-corrected chi connectivity index (χ3v) is 5.13. The van der Waals surface area contributed by atoms with Crippen LogP contribution in [0.3, 0.4) is 0 Å². The fourth-order valence-electron chi connectivity index (χ4n) is 3.72. The van der Waals surface area contributed by atoms with Crippen molar-refractivity contribution in [2.75, 3.05) is 20.3 Å². The van der Waals surface area contributed by atoms with Crippen molar-refractivity contribution < 1.29 is 28.6 Å². The van der Waals surface area contributed by atoms with Gasteiger partial charge < -0.3 is 23.9 Å². The van der Waals surface area contributed by atoms with Crippen LogP contribution in [0.2, 0.25) is 0 Å². The molecule has 1 unspecified atom stereocenters. The van der Waals surface area contributed by atoms with Crippen molar-refractivity contribution in [3.05, 3.63) is 58.6 Å². The van der Waals surface area contributed by atoms with Crippen molar-refractivity contribution in [2.24, 2.45) is 0 Å². The predicted molar refractivity (Wildman–Crippen MR) is 116 cm³/mol. The molecule has 1 aromatic heterocycles. The standard InChI is InChI=1S/C24H29NO6/c1-14(2)30-18-10-8-17(13-15(18)3)22(26)20-21(19-9-7-16(4)31-19)25(11-6-12-29-5)24(28)23(20)27/h7-10,13-14,21,26H,6,11-12H2,1-5H3/b22-20-. The summed E-state index contributed by atoms with van der Waals surface area (Å²) in [6.45, 7) is 8.28. The molecular weight excluding hydrogens is 398 g/mol. The second kappa shape index (κ2) is 9.39. The molecule has 7 nitrogen and oxygen atoms in total. The smallest absolute Gasteiger partial charge is 0.295 e. The van der Waals surface area contributed by atoms with Crippen molar-refractivity contribution in [1.29, 1.82) is 0 Å². The van der Waals surface area contributed by atoms with E-state index in [2.05, 4.69) is 0 Å². The zero-order chi connectivity index (χ0) is 22.7. The molecule has 1 aliphatic heterocycles. The maximum absolute atomic E-state index is 12.9. The van der Waals surface area contributed by atoms with Gasteiger partial charge in [0, 0.05) is 25.8 Å². The summed E-state index contributed by atoms with van der Waals surface area (Å²) in [6.07, 6.45) is 0.567. The molecule has 1 N–H and O–H groups in total. The van der Waals surface area contributed by atoms with Crippen LogP contribution in [0.15, 0.2) is 40.3 Å². The van der Waals surface area contributed by atoms with E-state index in [0.717, 1.165) is 5.56 Å². The van der Waals surface area contributed by atoms with E-state index in [0.29, 0.717) is 42.4 Å². The minimum atomic E-state index is -0.794. The molecule has 0 spiro atoms. The number of aliphatic hydroxyl groups excluding tert-OH is 1. The van der Waals surface area contributed by atoms with Gasteiger partial charge >= 0.3 is 0 Å². The van der Waals surface area contributed by atoms with E-state index in [1.54, 1.807) is 44.4 Å². The van der Waals surface area contributed by atoms with Crippen LogP contribution < -0.4 is 4.74 Å². The normalized spacial score (nSPS) is 18.3. The van der Waals surface area contributed by atoms with Crippen LogP contribution in [-0.2, 0) is 14.3 Å². The molecule has 2 heterocycles. The van der Waals surface area contributed by atoms with Gasteiger partial charge in [-0.2, -0.15) is 0 Å². The van der Waals surface area contributed by atoms with Crippen molar-refractivity contribution in [2.45, 2.75) is 46.3 Å². The van der Waals surface area contributed by atoms with E-state index < -0.39 is 17.7 Å². The minimum Gasteiger partial charge on any atom is -0.507 e. The van der Waals surface area contributed by atoms with E-state index in [9.17, 15) is 14.7 Å². The fraction of sp³-hybridized carbons (Fsp3) is 0.417. The molecule has 166 valence electrons. The number of Topliss-reactive ketones (excluding diaryl/α,β-unsaturated/α-hetero) is 1. The number of nitrogens with zero attached hydrogens (tertiary/aromatic N) is 1. The van der Waals surface area contributed by atoms with Crippen molar-refractivity contribution in [3.8, 4) is 5.75 Å². The molecule has 1 aromatic carbocycles. The van der Waals surface area contributed by atoms with Gasteiger partial charge in [-0.25, -0.2) is 0 Å². The lowest BCUT2D eigenvalue weighted by atomic mass is 9.98. The van der Waals surface area contributed by atoms with Crippen molar-refractivity contribution in [1.82, 2.24) is 4.90 Å². The summed E-state index contributed by atoms with van der Waals surface area (Å²) in [6, 6.07) is 7.89. The number of amides is 1. The number of carbonyl (C=O) groups is 2. The molecule has 2 aromatic rings. The highest BCUT2D eigenvalue weighted by atomic mass is 16.5. The maximum Gasteiger partial charge on any atom is 0.295 e. The first kappa shape index (κ1) is 22.6. The van der Waals surface area contributed by atoms with Crippen molar-refractivity contribution >= 4 is 17.4 Å². The fourth-order valence-corrected chi connectivity index (χ4v) is 3.72. The number of methoxy groups -OCH3 is 1. The van der Waals surface area contributed by atoms with Gasteiger partial charge in [-0.05, 0) is 70.0 Å². The van der Waals surface area contributed by atoms with Gasteiger partial charge in [0.25, 0.3) is 11.7 Å². The average molecular weight is 427 g/mol. The highest BCUT2D eigenvalue weighted by Crippen LogP contribution is 2.40. The number of benzene rings is 1. The molecule has 0 aliphatic carbocycles. The van der Waals surface area contributed by atoms with Crippen molar-refractivity contribution in [3.63, 3.8) is 0 Å². The minimum absolute atomic E-state index is 0.0118. The molecular formula is C24H29NO6. The van der Waals surface area contributed by atoms with E-state index in [4.69, 9.17) is 13.9 Å². The van der Waals surface area contributed by atoms with Gasteiger partial charge in [-0.3, -0.25) is 9.59 Å². The molecule has 31 heavy (non-hydrogen) atoms. The summed E-state index contributed by atoms with van der Waals surface area (Å²) < 4.78 is 16.6. The summed E-state index contributed by atoms with van der Waals surface area (Å²) in [5.41, 5.74) is 1.28. The summed E-state index contributed by atoms with van der Waals surface area (Å²) >= 11 is 0. The number of hydrogen-bond acceptors (Lipinski definition) is 6. The Morgan fingerprint density at radius 2 is 1.94 bits per heavy atom. The number of aryl methyl sites for hydroxylation is 2. The number of likely N-dealkylation sites (tertiary alicyclic amines) is 1. The van der Waals surface area contributed by atoms with Crippen LogP contribution in [0.5, 0.6) is 5.75 Å². The Balaban J connectivity index is 2.07. The Labute approximate surface area is 182 Å². The average Bonchev–Trinajstić information content (AvgIpc) is 3.25. The van der Waals surface area contributed by atoms with E-state index in [1.165, 1.54) is 4.90 Å². The van der Waals surface area contributed by atoms with E-state index in [1.807, 2.05) is 20.8 Å². The second-order valence-corrected chi connectivity index (χ2v) is 7.93. The second-order valence-electron chi connectivity index (χ2n) is 7.93. The maximum atomic E-state index is 12.9. The van der Waals surface area contributed by atoms with Gasteiger partial charge in [0.2, 0.25) is 0 Å². The van der Waals surface area contributed by atoms with Gasteiger partial charge in [0.15, 0.2) is 0 Å². The zero-order valence-electron chi connectivity index (χ0n) is 18.6. The van der Waals surface area contributed by atoms with Gasteiger partial charge in [-0.1, -0.05) is 0 Å².